The summed E-state index contributed by atoms with van der Waals surface area (Å²) < 4.78 is 0. The molecule has 0 radical (unpaired) electrons. The summed E-state index contributed by atoms with van der Waals surface area (Å²) >= 11 is 0. The highest BCUT2D eigenvalue weighted by molar-refractivity contribution is 5.84. The van der Waals surface area contributed by atoms with E-state index in [1.54, 1.807) is 0 Å². The van der Waals surface area contributed by atoms with Gasteiger partial charge in [0.1, 0.15) is 0 Å². The van der Waals surface area contributed by atoms with Crippen LogP contribution in [-0.4, -0.2) is 42.5 Å². The van der Waals surface area contributed by atoms with Crippen LogP contribution in [0.15, 0.2) is 0 Å². The van der Waals surface area contributed by atoms with Gasteiger partial charge in [-0.15, -0.1) is 0 Å². The molecule has 106 valence electrons. The third kappa shape index (κ3) is 3.69. The molecule has 4 nitrogen and oxygen atoms in total. The number of hydrogen-bond acceptors (Lipinski definition) is 3. The molecule has 4 heteroatoms. The van der Waals surface area contributed by atoms with Crippen LogP contribution in [0.5, 0.6) is 0 Å². The molecule has 1 fully saturated rings. The van der Waals surface area contributed by atoms with Crippen LogP contribution in [0.3, 0.4) is 0 Å². The molecule has 2 atom stereocenters. The topological polar surface area (TPSA) is 58.4 Å². The molecule has 1 saturated carbocycles. The summed E-state index contributed by atoms with van der Waals surface area (Å²) in [7, 11) is 2.16. The highest BCUT2D eigenvalue weighted by Crippen LogP contribution is 2.31. The van der Waals surface area contributed by atoms with Gasteiger partial charge in [0.2, 0.25) is 5.91 Å². The number of nitrogens with one attached hydrogen (secondary N) is 1. The van der Waals surface area contributed by atoms with Gasteiger partial charge in [-0.2, -0.15) is 0 Å². The van der Waals surface area contributed by atoms with Crippen molar-refractivity contribution >= 4 is 5.91 Å². The minimum atomic E-state index is -0.483. The SMILES string of the molecule is CCNC1(C(N)=O)CCCC(N(C)CC(C)C)C1. The van der Waals surface area contributed by atoms with Crippen LogP contribution in [0.4, 0.5) is 0 Å². The Balaban J connectivity index is 2.71. The van der Waals surface area contributed by atoms with Gasteiger partial charge in [-0.1, -0.05) is 20.8 Å². The first-order valence-corrected chi connectivity index (χ1v) is 7.16. The maximum atomic E-state index is 11.8. The lowest BCUT2D eigenvalue weighted by atomic mass is 9.77. The number of nitrogens with zero attached hydrogens (tertiary/aromatic N) is 1. The Bertz CT molecular complexity index is 276. The quantitative estimate of drug-likeness (QED) is 0.753. The Morgan fingerprint density at radius 1 is 1.56 bits per heavy atom. The number of amides is 1. The van der Waals surface area contributed by atoms with Gasteiger partial charge in [0.05, 0.1) is 5.54 Å². The normalized spacial score (nSPS) is 28.9. The number of nitrogens with two attached hydrogens (primary N) is 1. The van der Waals surface area contributed by atoms with Crippen LogP contribution < -0.4 is 11.1 Å². The molecule has 0 heterocycles. The summed E-state index contributed by atoms with van der Waals surface area (Å²) in [4.78, 5) is 14.2. The molecule has 1 amide bonds. The fourth-order valence-electron chi connectivity index (χ4n) is 3.16. The van der Waals surface area contributed by atoms with E-state index in [0.717, 1.165) is 32.4 Å². The van der Waals surface area contributed by atoms with E-state index < -0.39 is 5.54 Å². The maximum Gasteiger partial charge on any atom is 0.237 e. The third-order valence-corrected chi connectivity index (χ3v) is 3.99. The number of rotatable bonds is 6. The number of hydrogen-bond donors (Lipinski definition) is 2. The second-order valence-electron chi connectivity index (χ2n) is 6.06. The van der Waals surface area contributed by atoms with E-state index in [1.165, 1.54) is 6.42 Å². The van der Waals surface area contributed by atoms with Crippen molar-refractivity contribution in [2.45, 2.75) is 58.0 Å². The lowest BCUT2D eigenvalue weighted by molar-refractivity contribution is -0.126. The van der Waals surface area contributed by atoms with E-state index in [-0.39, 0.29) is 5.91 Å². The largest absolute Gasteiger partial charge is 0.368 e. The fourth-order valence-corrected chi connectivity index (χ4v) is 3.16. The summed E-state index contributed by atoms with van der Waals surface area (Å²) in [6.45, 7) is 8.36. The Morgan fingerprint density at radius 3 is 2.72 bits per heavy atom. The van der Waals surface area contributed by atoms with Crippen molar-refractivity contribution in [1.29, 1.82) is 0 Å². The lowest BCUT2D eigenvalue weighted by Gasteiger charge is -2.42. The van der Waals surface area contributed by atoms with Crippen molar-refractivity contribution in [3.8, 4) is 0 Å². The van der Waals surface area contributed by atoms with Crippen LogP contribution in [0.2, 0.25) is 0 Å². The molecule has 0 spiro atoms. The third-order valence-electron chi connectivity index (χ3n) is 3.99. The highest BCUT2D eigenvalue weighted by Gasteiger charge is 2.41. The van der Waals surface area contributed by atoms with Crippen molar-refractivity contribution in [1.82, 2.24) is 10.2 Å². The predicted octanol–water partition coefficient (Wildman–Crippen LogP) is 1.35. The molecule has 0 bridgehead atoms. The van der Waals surface area contributed by atoms with Gasteiger partial charge >= 0.3 is 0 Å². The zero-order valence-electron chi connectivity index (χ0n) is 12.3. The lowest BCUT2D eigenvalue weighted by Crippen LogP contribution is -2.60. The Morgan fingerprint density at radius 2 is 2.22 bits per heavy atom. The minimum absolute atomic E-state index is 0.188. The average molecular weight is 255 g/mol. The van der Waals surface area contributed by atoms with E-state index in [0.29, 0.717) is 12.0 Å². The van der Waals surface area contributed by atoms with Crippen LogP contribution in [-0.2, 0) is 4.79 Å². The first-order valence-electron chi connectivity index (χ1n) is 7.16. The van der Waals surface area contributed by atoms with Gasteiger partial charge in [0.25, 0.3) is 0 Å². The number of primary amides is 1. The first kappa shape index (κ1) is 15.4. The summed E-state index contributed by atoms with van der Waals surface area (Å²) in [5, 5.41) is 3.33. The minimum Gasteiger partial charge on any atom is -0.368 e. The zero-order chi connectivity index (χ0) is 13.8. The summed E-state index contributed by atoms with van der Waals surface area (Å²) in [5.74, 6) is 0.464. The molecular formula is C14H29N3O. The number of carbonyl (C=O) groups is 1. The van der Waals surface area contributed by atoms with Gasteiger partial charge in [0, 0.05) is 12.6 Å². The zero-order valence-corrected chi connectivity index (χ0v) is 12.3. The van der Waals surface area contributed by atoms with Crippen LogP contribution >= 0.6 is 0 Å². The van der Waals surface area contributed by atoms with Gasteiger partial charge in [0.15, 0.2) is 0 Å². The second-order valence-corrected chi connectivity index (χ2v) is 6.06. The van der Waals surface area contributed by atoms with E-state index in [1.807, 2.05) is 6.92 Å². The van der Waals surface area contributed by atoms with E-state index in [2.05, 4.69) is 31.1 Å². The van der Waals surface area contributed by atoms with Gasteiger partial charge in [-0.25, -0.2) is 0 Å². The average Bonchev–Trinajstić information content (AvgIpc) is 2.28. The fraction of sp³-hybridized carbons (Fsp3) is 0.929. The Kier molecular flexibility index (Phi) is 5.60. The Hall–Kier alpha value is -0.610. The van der Waals surface area contributed by atoms with Crippen molar-refractivity contribution in [2.24, 2.45) is 11.7 Å². The molecule has 0 aromatic heterocycles. The standard InChI is InChI=1S/C14H29N3O/c1-5-16-14(13(15)18)8-6-7-12(9-14)17(4)10-11(2)3/h11-12,16H,5-10H2,1-4H3,(H2,15,18). The molecule has 1 rings (SSSR count). The highest BCUT2D eigenvalue weighted by atomic mass is 16.1. The monoisotopic (exact) mass is 255 g/mol. The Labute approximate surface area is 111 Å². The van der Waals surface area contributed by atoms with Crippen molar-refractivity contribution in [3.63, 3.8) is 0 Å². The molecule has 0 saturated heterocycles. The van der Waals surface area contributed by atoms with Crippen molar-refractivity contribution < 1.29 is 4.79 Å². The predicted molar refractivity (Wildman–Crippen MR) is 75.3 cm³/mol. The van der Waals surface area contributed by atoms with Gasteiger partial charge in [-0.3, -0.25) is 4.79 Å². The van der Waals surface area contributed by atoms with Crippen molar-refractivity contribution in [2.75, 3.05) is 20.1 Å². The second kappa shape index (κ2) is 6.53. The molecule has 2 unspecified atom stereocenters. The summed E-state index contributed by atoms with van der Waals surface area (Å²) in [6.07, 6.45) is 3.97. The van der Waals surface area contributed by atoms with E-state index in [4.69, 9.17) is 5.73 Å². The van der Waals surface area contributed by atoms with Crippen LogP contribution in [0, 0.1) is 5.92 Å². The van der Waals surface area contributed by atoms with Crippen LogP contribution in [0.25, 0.3) is 0 Å². The smallest absolute Gasteiger partial charge is 0.237 e. The van der Waals surface area contributed by atoms with E-state index in [9.17, 15) is 4.79 Å². The molecule has 1 aliphatic rings. The number of likely N-dealkylation sites (N-methyl/N-ethyl adjacent to an activating group) is 1. The number of carbonyl (C=O) groups excluding carboxylic acids is 1. The van der Waals surface area contributed by atoms with Gasteiger partial charge in [-0.05, 0) is 45.2 Å². The summed E-state index contributed by atoms with van der Waals surface area (Å²) in [5.41, 5.74) is 5.15. The van der Waals surface area contributed by atoms with Crippen molar-refractivity contribution in [3.05, 3.63) is 0 Å². The van der Waals surface area contributed by atoms with Gasteiger partial charge < -0.3 is 16.0 Å². The molecule has 3 N–H and O–H groups in total. The molecule has 0 aliphatic heterocycles. The van der Waals surface area contributed by atoms with Crippen LogP contribution in [0.1, 0.15) is 46.5 Å². The van der Waals surface area contributed by atoms with E-state index >= 15 is 0 Å². The summed E-state index contributed by atoms with van der Waals surface area (Å²) in [6, 6.07) is 0.465. The molecule has 18 heavy (non-hydrogen) atoms. The maximum absolute atomic E-state index is 11.8. The molecule has 0 aromatic rings. The molecular weight excluding hydrogens is 226 g/mol. The molecule has 1 aliphatic carbocycles. The first-order chi connectivity index (χ1) is 8.41. The molecule has 0 aromatic carbocycles.